The Morgan fingerprint density at radius 2 is 2.00 bits per heavy atom. The SMILES string of the molecule is Cc1cnc2cc(Cl)nc(Cl)c2n1. The molecule has 3 nitrogen and oxygen atoms in total. The normalized spacial score (nSPS) is 10.7. The summed E-state index contributed by atoms with van der Waals surface area (Å²) in [6.07, 6.45) is 1.66. The number of halogens is 2. The van der Waals surface area contributed by atoms with Gasteiger partial charge in [-0.05, 0) is 6.92 Å². The van der Waals surface area contributed by atoms with Crippen molar-refractivity contribution in [1.82, 2.24) is 15.0 Å². The summed E-state index contributed by atoms with van der Waals surface area (Å²) in [6, 6.07) is 1.63. The van der Waals surface area contributed by atoms with E-state index in [1.54, 1.807) is 12.3 Å². The van der Waals surface area contributed by atoms with Crippen LogP contribution >= 0.6 is 23.2 Å². The van der Waals surface area contributed by atoms with Gasteiger partial charge in [0.1, 0.15) is 10.7 Å². The molecular weight excluding hydrogens is 209 g/mol. The maximum atomic E-state index is 5.84. The molecule has 13 heavy (non-hydrogen) atoms. The van der Waals surface area contributed by atoms with Crippen molar-refractivity contribution >= 4 is 34.2 Å². The molecule has 0 aliphatic heterocycles. The van der Waals surface area contributed by atoms with E-state index in [0.29, 0.717) is 21.3 Å². The first-order valence-corrected chi connectivity index (χ1v) is 4.38. The highest BCUT2D eigenvalue weighted by molar-refractivity contribution is 6.35. The van der Waals surface area contributed by atoms with Crippen molar-refractivity contribution in [1.29, 1.82) is 0 Å². The van der Waals surface area contributed by atoms with Crippen molar-refractivity contribution in [2.75, 3.05) is 0 Å². The van der Waals surface area contributed by atoms with Crippen molar-refractivity contribution < 1.29 is 0 Å². The van der Waals surface area contributed by atoms with E-state index in [1.807, 2.05) is 6.92 Å². The summed E-state index contributed by atoms with van der Waals surface area (Å²) in [4.78, 5) is 12.2. The van der Waals surface area contributed by atoms with Crippen molar-refractivity contribution in [2.45, 2.75) is 6.92 Å². The Bertz CT molecular complexity index is 470. The van der Waals surface area contributed by atoms with E-state index in [0.717, 1.165) is 5.69 Å². The summed E-state index contributed by atoms with van der Waals surface area (Å²) in [5, 5.41) is 0.620. The number of aromatic nitrogens is 3. The molecule has 2 aromatic heterocycles. The standard InChI is InChI=1S/C8H5Cl2N3/c1-4-3-11-5-2-6(9)13-8(10)7(5)12-4/h2-3H,1H3. The topological polar surface area (TPSA) is 38.7 Å². The minimum atomic E-state index is 0.290. The van der Waals surface area contributed by atoms with Gasteiger partial charge in [0, 0.05) is 12.3 Å². The lowest BCUT2D eigenvalue weighted by molar-refractivity contribution is 1.17. The molecule has 0 aromatic carbocycles. The van der Waals surface area contributed by atoms with E-state index in [1.165, 1.54) is 0 Å². The van der Waals surface area contributed by atoms with E-state index in [9.17, 15) is 0 Å². The molecule has 2 aromatic rings. The number of nitrogens with zero attached hydrogens (tertiary/aromatic N) is 3. The van der Waals surface area contributed by atoms with Gasteiger partial charge in [0.15, 0.2) is 5.15 Å². The van der Waals surface area contributed by atoms with Crippen LogP contribution in [-0.4, -0.2) is 15.0 Å². The highest BCUT2D eigenvalue weighted by Gasteiger charge is 2.05. The number of fused-ring (bicyclic) bond motifs is 1. The fourth-order valence-corrected chi connectivity index (χ4v) is 1.50. The average molecular weight is 214 g/mol. The van der Waals surface area contributed by atoms with Gasteiger partial charge in [-0.2, -0.15) is 0 Å². The molecule has 0 N–H and O–H groups in total. The quantitative estimate of drug-likeness (QED) is 0.632. The minimum Gasteiger partial charge on any atom is -0.252 e. The highest BCUT2D eigenvalue weighted by Crippen LogP contribution is 2.21. The molecule has 0 amide bonds. The van der Waals surface area contributed by atoms with E-state index in [-0.39, 0.29) is 0 Å². The molecule has 2 heterocycles. The predicted octanol–water partition coefficient (Wildman–Crippen LogP) is 2.64. The lowest BCUT2D eigenvalue weighted by Gasteiger charge is -1.99. The Morgan fingerprint density at radius 1 is 1.23 bits per heavy atom. The first kappa shape index (κ1) is 8.66. The highest BCUT2D eigenvalue weighted by atomic mass is 35.5. The molecule has 0 bridgehead atoms. The molecule has 0 saturated heterocycles. The minimum absolute atomic E-state index is 0.290. The third-order valence-corrected chi connectivity index (χ3v) is 2.03. The van der Waals surface area contributed by atoms with Gasteiger partial charge >= 0.3 is 0 Å². The second-order valence-electron chi connectivity index (χ2n) is 2.61. The fourth-order valence-electron chi connectivity index (χ4n) is 1.04. The summed E-state index contributed by atoms with van der Waals surface area (Å²) < 4.78 is 0. The summed E-state index contributed by atoms with van der Waals surface area (Å²) in [7, 11) is 0. The summed E-state index contributed by atoms with van der Waals surface area (Å²) in [5.74, 6) is 0. The summed E-state index contributed by atoms with van der Waals surface area (Å²) >= 11 is 11.5. The molecule has 0 aliphatic rings. The Morgan fingerprint density at radius 3 is 2.77 bits per heavy atom. The van der Waals surface area contributed by atoms with Crippen LogP contribution in [0.4, 0.5) is 0 Å². The summed E-state index contributed by atoms with van der Waals surface area (Å²) in [5.41, 5.74) is 2.06. The fraction of sp³-hybridized carbons (Fsp3) is 0.125. The van der Waals surface area contributed by atoms with Crippen molar-refractivity contribution in [3.63, 3.8) is 0 Å². The van der Waals surface area contributed by atoms with Gasteiger partial charge in [-0.25, -0.2) is 9.97 Å². The molecule has 5 heteroatoms. The van der Waals surface area contributed by atoms with Crippen molar-refractivity contribution in [3.05, 3.63) is 28.3 Å². The van der Waals surface area contributed by atoms with Gasteiger partial charge in [0.25, 0.3) is 0 Å². The van der Waals surface area contributed by atoms with Crippen LogP contribution in [0.1, 0.15) is 5.69 Å². The van der Waals surface area contributed by atoms with Gasteiger partial charge < -0.3 is 0 Å². The maximum absolute atomic E-state index is 5.84. The molecule has 66 valence electrons. The molecule has 2 rings (SSSR count). The molecular formula is C8H5Cl2N3. The van der Waals surface area contributed by atoms with Gasteiger partial charge in [-0.15, -0.1) is 0 Å². The third kappa shape index (κ3) is 1.57. The van der Waals surface area contributed by atoms with E-state index < -0.39 is 0 Å². The molecule has 0 spiro atoms. The van der Waals surface area contributed by atoms with Crippen LogP contribution in [0.5, 0.6) is 0 Å². The van der Waals surface area contributed by atoms with Gasteiger partial charge in [-0.1, -0.05) is 23.2 Å². The van der Waals surface area contributed by atoms with Crippen LogP contribution < -0.4 is 0 Å². The van der Waals surface area contributed by atoms with Gasteiger partial charge in [0.2, 0.25) is 0 Å². The number of pyridine rings is 1. The van der Waals surface area contributed by atoms with Crippen LogP contribution in [0.25, 0.3) is 11.0 Å². The number of aryl methyl sites for hydroxylation is 1. The number of hydrogen-bond donors (Lipinski definition) is 0. The average Bonchev–Trinajstić information content (AvgIpc) is 2.06. The molecule has 0 aliphatic carbocycles. The monoisotopic (exact) mass is 213 g/mol. The zero-order valence-electron chi connectivity index (χ0n) is 6.75. The lowest BCUT2D eigenvalue weighted by atomic mass is 10.4. The molecule has 0 radical (unpaired) electrons. The first-order chi connectivity index (χ1) is 6.16. The molecule has 0 saturated carbocycles. The van der Waals surface area contributed by atoms with Crippen molar-refractivity contribution in [2.24, 2.45) is 0 Å². The largest absolute Gasteiger partial charge is 0.252 e. The van der Waals surface area contributed by atoms with E-state index in [2.05, 4.69) is 15.0 Å². The number of hydrogen-bond acceptors (Lipinski definition) is 3. The Hall–Kier alpha value is -0.930. The maximum Gasteiger partial charge on any atom is 0.158 e. The second-order valence-corrected chi connectivity index (χ2v) is 3.36. The summed E-state index contributed by atoms with van der Waals surface area (Å²) in [6.45, 7) is 1.84. The van der Waals surface area contributed by atoms with E-state index in [4.69, 9.17) is 23.2 Å². The predicted molar refractivity (Wildman–Crippen MR) is 52.1 cm³/mol. The van der Waals surface area contributed by atoms with Crippen LogP contribution in [-0.2, 0) is 0 Å². The van der Waals surface area contributed by atoms with Crippen LogP contribution in [0, 0.1) is 6.92 Å². The zero-order valence-corrected chi connectivity index (χ0v) is 8.26. The van der Waals surface area contributed by atoms with Crippen molar-refractivity contribution in [3.8, 4) is 0 Å². The Balaban J connectivity index is 2.87. The Labute approximate surface area is 84.7 Å². The van der Waals surface area contributed by atoms with Crippen LogP contribution in [0.2, 0.25) is 10.3 Å². The molecule has 0 fully saturated rings. The van der Waals surface area contributed by atoms with Gasteiger partial charge in [0.05, 0.1) is 11.2 Å². The molecule has 0 unspecified atom stereocenters. The smallest absolute Gasteiger partial charge is 0.158 e. The lowest BCUT2D eigenvalue weighted by Crippen LogP contribution is -1.90. The van der Waals surface area contributed by atoms with Gasteiger partial charge in [-0.3, -0.25) is 4.98 Å². The van der Waals surface area contributed by atoms with Crippen LogP contribution in [0.15, 0.2) is 12.3 Å². The Kier molecular flexibility index (Phi) is 2.06. The first-order valence-electron chi connectivity index (χ1n) is 3.62. The molecule has 0 atom stereocenters. The zero-order chi connectivity index (χ0) is 9.42. The van der Waals surface area contributed by atoms with E-state index >= 15 is 0 Å². The third-order valence-electron chi connectivity index (χ3n) is 1.58. The van der Waals surface area contributed by atoms with Crippen LogP contribution in [0.3, 0.4) is 0 Å². The second kappa shape index (κ2) is 3.09. The number of rotatable bonds is 0.